The van der Waals surface area contributed by atoms with Gasteiger partial charge in [0.1, 0.15) is 0 Å². The molecule has 2 N–H and O–H groups in total. The Balaban J connectivity index is 2.40. The van der Waals surface area contributed by atoms with Gasteiger partial charge in [-0.1, -0.05) is 6.07 Å². The SMILES string of the molecule is Cc1ccc(S(=O)(=O)Nc2ccc(F)c(F)c2)cc1C(=O)O. The molecule has 2 rings (SSSR count). The number of hydrogen-bond acceptors (Lipinski definition) is 3. The Morgan fingerprint density at radius 3 is 2.36 bits per heavy atom. The van der Waals surface area contributed by atoms with E-state index in [0.29, 0.717) is 11.6 Å². The van der Waals surface area contributed by atoms with Gasteiger partial charge >= 0.3 is 5.97 Å². The normalized spacial score (nSPS) is 11.2. The Labute approximate surface area is 125 Å². The highest BCUT2D eigenvalue weighted by atomic mass is 32.2. The lowest BCUT2D eigenvalue weighted by molar-refractivity contribution is 0.0696. The fraction of sp³-hybridized carbons (Fsp3) is 0.0714. The van der Waals surface area contributed by atoms with Crippen LogP contribution in [0.4, 0.5) is 14.5 Å². The van der Waals surface area contributed by atoms with Gasteiger partial charge in [-0.15, -0.1) is 0 Å². The minimum Gasteiger partial charge on any atom is -0.478 e. The van der Waals surface area contributed by atoms with Gasteiger partial charge < -0.3 is 5.11 Å². The smallest absolute Gasteiger partial charge is 0.335 e. The molecule has 0 amide bonds. The topological polar surface area (TPSA) is 83.5 Å². The van der Waals surface area contributed by atoms with Crippen molar-refractivity contribution in [2.24, 2.45) is 0 Å². The van der Waals surface area contributed by atoms with Crippen molar-refractivity contribution in [1.29, 1.82) is 0 Å². The lowest BCUT2D eigenvalue weighted by Crippen LogP contribution is -2.14. The van der Waals surface area contributed by atoms with Gasteiger partial charge in [0, 0.05) is 6.07 Å². The molecule has 0 atom stereocenters. The van der Waals surface area contributed by atoms with Crippen molar-refractivity contribution in [2.75, 3.05) is 4.72 Å². The van der Waals surface area contributed by atoms with E-state index in [1.54, 1.807) is 0 Å². The number of rotatable bonds is 4. The molecule has 2 aromatic carbocycles. The van der Waals surface area contributed by atoms with Gasteiger partial charge in [0.05, 0.1) is 16.1 Å². The van der Waals surface area contributed by atoms with Gasteiger partial charge in [-0.3, -0.25) is 4.72 Å². The molecular weight excluding hydrogens is 316 g/mol. The van der Waals surface area contributed by atoms with E-state index < -0.39 is 27.6 Å². The van der Waals surface area contributed by atoms with Crippen molar-refractivity contribution in [1.82, 2.24) is 0 Å². The van der Waals surface area contributed by atoms with Crippen LogP contribution in [-0.4, -0.2) is 19.5 Å². The van der Waals surface area contributed by atoms with Crippen LogP contribution in [0.1, 0.15) is 15.9 Å². The summed E-state index contributed by atoms with van der Waals surface area (Å²) in [5, 5.41) is 9.01. The van der Waals surface area contributed by atoms with E-state index >= 15 is 0 Å². The first-order valence-electron chi connectivity index (χ1n) is 6.02. The highest BCUT2D eigenvalue weighted by Gasteiger charge is 2.18. The van der Waals surface area contributed by atoms with Gasteiger partial charge in [-0.2, -0.15) is 0 Å². The van der Waals surface area contributed by atoms with Crippen LogP contribution in [0.25, 0.3) is 0 Å². The minimum absolute atomic E-state index is 0.159. The number of carbonyl (C=O) groups is 1. The lowest BCUT2D eigenvalue weighted by Gasteiger charge is -2.10. The molecule has 0 radical (unpaired) electrons. The largest absolute Gasteiger partial charge is 0.478 e. The van der Waals surface area contributed by atoms with Gasteiger partial charge in [0.15, 0.2) is 11.6 Å². The van der Waals surface area contributed by atoms with Crippen molar-refractivity contribution in [3.63, 3.8) is 0 Å². The number of anilines is 1. The molecule has 5 nitrogen and oxygen atoms in total. The van der Waals surface area contributed by atoms with Crippen LogP contribution in [0.5, 0.6) is 0 Å². The number of aromatic carboxylic acids is 1. The van der Waals surface area contributed by atoms with Crippen LogP contribution in [0.3, 0.4) is 0 Å². The predicted octanol–water partition coefficient (Wildman–Crippen LogP) is 2.77. The maximum atomic E-state index is 13.1. The summed E-state index contributed by atoms with van der Waals surface area (Å²) < 4.78 is 52.3. The second-order valence-corrected chi connectivity index (χ2v) is 6.20. The molecule has 22 heavy (non-hydrogen) atoms. The number of carboxylic acid groups (broad SMARTS) is 1. The molecule has 0 unspecified atom stereocenters. The van der Waals surface area contributed by atoms with E-state index in [0.717, 1.165) is 18.2 Å². The lowest BCUT2D eigenvalue weighted by atomic mass is 10.1. The molecular formula is C14H11F2NO4S. The molecule has 0 bridgehead atoms. The van der Waals surface area contributed by atoms with Gasteiger partial charge in [0.25, 0.3) is 10.0 Å². The third kappa shape index (κ3) is 3.22. The van der Waals surface area contributed by atoms with Crippen LogP contribution in [-0.2, 0) is 10.0 Å². The summed E-state index contributed by atoms with van der Waals surface area (Å²) in [7, 11) is -4.12. The van der Waals surface area contributed by atoms with Crippen LogP contribution < -0.4 is 4.72 Å². The van der Waals surface area contributed by atoms with Gasteiger partial charge in [-0.05, 0) is 36.8 Å². The van der Waals surface area contributed by atoms with Crippen molar-refractivity contribution in [3.05, 3.63) is 59.2 Å². The highest BCUT2D eigenvalue weighted by molar-refractivity contribution is 7.92. The summed E-state index contributed by atoms with van der Waals surface area (Å²) in [5.74, 6) is -3.57. The highest BCUT2D eigenvalue weighted by Crippen LogP contribution is 2.20. The number of carboxylic acids is 1. The third-order valence-corrected chi connectivity index (χ3v) is 4.30. The fourth-order valence-corrected chi connectivity index (χ4v) is 2.85. The molecule has 116 valence electrons. The molecule has 0 fully saturated rings. The predicted molar refractivity (Wildman–Crippen MR) is 75.3 cm³/mol. The molecule has 2 aromatic rings. The molecule has 0 aliphatic carbocycles. The third-order valence-electron chi connectivity index (χ3n) is 2.92. The van der Waals surface area contributed by atoms with Crippen LogP contribution in [0.2, 0.25) is 0 Å². The van der Waals surface area contributed by atoms with Gasteiger partial charge in [0.2, 0.25) is 0 Å². The zero-order chi connectivity index (χ0) is 16.5. The number of nitrogens with one attached hydrogen (secondary N) is 1. The second-order valence-electron chi connectivity index (χ2n) is 4.52. The summed E-state index contributed by atoms with van der Waals surface area (Å²) in [6.45, 7) is 1.53. The zero-order valence-corrected chi connectivity index (χ0v) is 12.1. The molecule has 0 aliphatic heterocycles. The Kier molecular flexibility index (Phi) is 4.14. The summed E-state index contributed by atoms with van der Waals surface area (Å²) in [4.78, 5) is 10.7. The quantitative estimate of drug-likeness (QED) is 0.904. The average Bonchev–Trinajstić information content (AvgIpc) is 2.42. The van der Waals surface area contributed by atoms with E-state index in [1.165, 1.54) is 19.1 Å². The number of sulfonamides is 1. The number of aryl methyl sites for hydroxylation is 1. The monoisotopic (exact) mass is 327 g/mol. The Hall–Kier alpha value is -2.48. The van der Waals surface area contributed by atoms with Crippen molar-refractivity contribution in [3.8, 4) is 0 Å². The molecule has 0 heterocycles. The average molecular weight is 327 g/mol. The Bertz CT molecular complexity index is 850. The van der Waals surface area contributed by atoms with Crippen molar-refractivity contribution < 1.29 is 27.1 Å². The molecule has 0 aromatic heterocycles. The molecule has 0 saturated carbocycles. The second kappa shape index (κ2) is 5.72. The van der Waals surface area contributed by atoms with Gasteiger partial charge in [-0.25, -0.2) is 22.0 Å². The molecule has 0 aliphatic rings. The molecule has 0 saturated heterocycles. The van der Waals surface area contributed by atoms with Crippen molar-refractivity contribution >= 4 is 21.7 Å². The van der Waals surface area contributed by atoms with Crippen LogP contribution in [0.15, 0.2) is 41.3 Å². The van der Waals surface area contributed by atoms with E-state index in [1.807, 2.05) is 0 Å². The number of hydrogen-bond donors (Lipinski definition) is 2. The number of benzene rings is 2. The minimum atomic E-state index is -4.12. The first-order valence-corrected chi connectivity index (χ1v) is 7.51. The maximum absolute atomic E-state index is 13.1. The first-order chi connectivity index (χ1) is 10.2. The Morgan fingerprint density at radius 1 is 1.09 bits per heavy atom. The van der Waals surface area contributed by atoms with E-state index in [2.05, 4.69) is 4.72 Å². The van der Waals surface area contributed by atoms with E-state index in [4.69, 9.17) is 5.11 Å². The maximum Gasteiger partial charge on any atom is 0.335 e. The Morgan fingerprint density at radius 2 is 1.77 bits per heavy atom. The summed E-state index contributed by atoms with van der Waals surface area (Å²) in [5.41, 5.74) is 0.0730. The van der Waals surface area contributed by atoms with E-state index in [-0.39, 0.29) is 16.1 Å². The first kappa shape index (κ1) is 15.9. The fourth-order valence-electron chi connectivity index (χ4n) is 1.77. The van der Waals surface area contributed by atoms with Crippen LogP contribution in [0, 0.1) is 18.6 Å². The molecule has 0 spiro atoms. The van der Waals surface area contributed by atoms with Crippen LogP contribution >= 0.6 is 0 Å². The number of halogens is 2. The standard InChI is InChI=1S/C14H11F2NO4S/c1-8-2-4-10(7-11(8)14(18)19)22(20,21)17-9-3-5-12(15)13(16)6-9/h2-7,17H,1H3,(H,18,19). The summed E-state index contributed by atoms with van der Waals surface area (Å²) in [6, 6.07) is 6.11. The van der Waals surface area contributed by atoms with E-state index in [9.17, 15) is 22.0 Å². The molecule has 8 heteroatoms. The zero-order valence-electron chi connectivity index (χ0n) is 11.3. The summed E-state index contributed by atoms with van der Waals surface area (Å²) in [6.07, 6.45) is 0. The van der Waals surface area contributed by atoms with Crippen molar-refractivity contribution in [2.45, 2.75) is 11.8 Å². The summed E-state index contributed by atoms with van der Waals surface area (Å²) >= 11 is 0.